The number of fused-ring (bicyclic) bond motifs is 2. The van der Waals surface area contributed by atoms with E-state index in [9.17, 15) is 50.3 Å². The number of aliphatic hydroxyl groups excluding tert-OH is 1. The Morgan fingerprint density at radius 1 is 0.645 bits per heavy atom. The Balaban J connectivity index is 0.000000409. The van der Waals surface area contributed by atoms with E-state index in [2.05, 4.69) is 9.47 Å². The van der Waals surface area contributed by atoms with Crippen LogP contribution < -0.4 is 50.8 Å². The number of aromatic nitrogens is 6. The molecule has 4 heterocycles. The number of hydrogen-bond acceptors (Lipinski definition) is 10. The van der Waals surface area contributed by atoms with Crippen molar-refractivity contribution >= 4 is 28.0 Å². The van der Waals surface area contributed by atoms with E-state index in [1.165, 1.54) is 75.7 Å². The predicted molar refractivity (Wildman–Crippen MR) is 208 cm³/mol. The molecule has 4 N–H and O–H groups in total. The summed E-state index contributed by atoms with van der Waals surface area (Å²) in [5, 5.41) is 8.98. The molecule has 4 aromatic heterocycles. The van der Waals surface area contributed by atoms with Gasteiger partial charge in [0.25, 0.3) is 11.1 Å². The van der Waals surface area contributed by atoms with Crippen LogP contribution in [0.5, 0.6) is 11.5 Å². The van der Waals surface area contributed by atoms with E-state index >= 15 is 0 Å². The first-order valence-corrected chi connectivity index (χ1v) is 17.7. The first kappa shape index (κ1) is 52.1. The van der Waals surface area contributed by atoms with Gasteiger partial charge in [0.05, 0.1) is 29.0 Å². The molecule has 0 saturated carbocycles. The third-order valence-electron chi connectivity index (χ3n) is 9.18. The molecule has 2 aromatic carbocycles. The van der Waals surface area contributed by atoms with E-state index in [0.717, 1.165) is 9.13 Å². The van der Waals surface area contributed by atoms with Crippen LogP contribution in [-0.4, -0.2) is 75.4 Å². The summed E-state index contributed by atoms with van der Waals surface area (Å²) in [7, 11) is 6.19. The van der Waals surface area contributed by atoms with Crippen LogP contribution in [0.4, 0.5) is 26.3 Å². The van der Waals surface area contributed by atoms with Gasteiger partial charge in [-0.25, -0.2) is 9.59 Å². The minimum atomic E-state index is -4.83. The zero-order valence-electron chi connectivity index (χ0n) is 34.1. The molecule has 0 bridgehead atoms. The predicted octanol–water partition coefficient (Wildman–Crippen LogP) is 0.547. The molecule has 17 nitrogen and oxygen atoms in total. The monoisotopic (exact) mass is 878 g/mol. The Bertz CT molecular complexity index is 2790. The summed E-state index contributed by atoms with van der Waals surface area (Å²) < 4.78 is 95.6. The minimum Gasteiger partial charge on any atom is -0.870 e. The van der Waals surface area contributed by atoms with Crippen LogP contribution in [0.2, 0.25) is 0 Å². The Labute approximate surface area is 358 Å². The Kier molecular flexibility index (Phi) is 17.4. The maximum Gasteiger partial charge on any atom is 1.00 e. The third-order valence-corrected chi connectivity index (χ3v) is 9.18. The second kappa shape index (κ2) is 20.7. The van der Waals surface area contributed by atoms with E-state index in [1.807, 2.05) is 0 Å². The Morgan fingerprint density at radius 2 is 1.03 bits per heavy atom. The average molecular weight is 879 g/mol. The first-order chi connectivity index (χ1) is 27.6. The fourth-order valence-corrected chi connectivity index (χ4v) is 6.51. The molecular formula is C38H41F6LiN6O11. The van der Waals surface area contributed by atoms with Crippen LogP contribution >= 0.6 is 0 Å². The van der Waals surface area contributed by atoms with Gasteiger partial charge in [0, 0.05) is 65.9 Å². The van der Waals surface area contributed by atoms with Gasteiger partial charge in [-0.3, -0.25) is 32.7 Å². The van der Waals surface area contributed by atoms with Gasteiger partial charge in [-0.05, 0) is 49.2 Å². The van der Waals surface area contributed by atoms with Crippen LogP contribution in [0, 0.1) is 0 Å². The maximum atomic E-state index is 13.0. The summed E-state index contributed by atoms with van der Waals surface area (Å²) in [5.74, 6) is -1.24. The van der Waals surface area contributed by atoms with Gasteiger partial charge < -0.3 is 39.4 Å². The van der Waals surface area contributed by atoms with E-state index < -0.39 is 46.9 Å². The molecule has 0 amide bonds. The van der Waals surface area contributed by atoms with E-state index in [4.69, 9.17) is 9.84 Å². The molecule has 24 heteroatoms. The number of nitrogens with zero attached hydrogens (tertiary/aromatic N) is 6. The normalized spacial score (nSPS) is 11.2. The van der Waals surface area contributed by atoms with Crippen LogP contribution in [0.3, 0.4) is 0 Å². The molecule has 0 atom stereocenters. The number of alkyl halides is 6. The fraction of sp³-hybridized carbons (Fsp3) is 0.342. The number of hydrogen-bond donors (Lipinski definition) is 1. The van der Waals surface area contributed by atoms with Crippen molar-refractivity contribution in [3.8, 4) is 34.0 Å². The molecule has 0 saturated heterocycles. The van der Waals surface area contributed by atoms with Gasteiger partial charge in [-0.1, -0.05) is 24.3 Å². The van der Waals surface area contributed by atoms with Crippen LogP contribution in [-0.2, 0) is 50.8 Å². The summed E-state index contributed by atoms with van der Waals surface area (Å²) in [6.07, 6.45) is -9.13. The minimum absolute atomic E-state index is 0. The second-order valence-electron chi connectivity index (χ2n) is 13.2. The molecule has 0 fully saturated rings. The summed E-state index contributed by atoms with van der Waals surface area (Å²) in [6, 6.07) is 13.9. The van der Waals surface area contributed by atoms with Crippen LogP contribution in [0.15, 0.2) is 79.8 Å². The number of esters is 1. The molecule has 0 aliphatic carbocycles. The maximum absolute atomic E-state index is 13.0. The molecule has 6 rings (SSSR count). The van der Waals surface area contributed by atoms with Crippen LogP contribution in [0.25, 0.3) is 44.6 Å². The number of rotatable bonds is 11. The smallest absolute Gasteiger partial charge is 0.870 e. The number of benzene rings is 2. The quantitative estimate of drug-likeness (QED) is 0.0824. The molecule has 332 valence electrons. The Hall–Kier alpha value is -5.99. The molecule has 0 spiro atoms. The van der Waals surface area contributed by atoms with Crippen molar-refractivity contribution in [2.45, 2.75) is 45.6 Å². The first-order valence-electron chi connectivity index (χ1n) is 17.7. The molecule has 0 aliphatic heterocycles. The van der Waals surface area contributed by atoms with Crippen molar-refractivity contribution in [2.75, 3.05) is 13.2 Å². The summed E-state index contributed by atoms with van der Waals surface area (Å²) >= 11 is 0. The van der Waals surface area contributed by atoms with Gasteiger partial charge >= 0.3 is 48.9 Å². The van der Waals surface area contributed by atoms with Crippen LogP contribution in [0.1, 0.15) is 19.8 Å². The Morgan fingerprint density at radius 3 is 1.39 bits per heavy atom. The van der Waals surface area contributed by atoms with Gasteiger partial charge in [0.2, 0.25) is 0 Å². The molecule has 0 aliphatic rings. The largest absolute Gasteiger partial charge is 1.00 e. The number of aryl methyl sites for hydroxylation is 4. The molecule has 6 aromatic rings. The number of carbonyl (C=O) groups is 1. The zero-order chi connectivity index (χ0) is 43.6. The summed E-state index contributed by atoms with van der Waals surface area (Å²) in [6.45, 7) is 1.26. The van der Waals surface area contributed by atoms with Crippen molar-refractivity contribution in [2.24, 2.45) is 28.2 Å². The van der Waals surface area contributed by atoms with Gasteiger partial charge in [-0.15, -0.1) is 26.3 Å². The number of ether oxygens (including phenoxy) is 3. The molecule has 62 heavy (non-hydrogen) atoms. The number of halogens is 6. The molecule has 0 radical (unpaired) electrons. The van der Waals surface area contributed by atoms with Crippen molar-refractivity contribution in [3.63, 3.8) is 0 Å². The third kappa shape index (κ3) is 11.5. The van der Waals surface area contributed by atoms with Crippen molar-refractivity contribution < 1.29 is 80.3 Å². The topological polar surface area (TPSA) is 224 Å². The SMILES string of the molecule is CC(=O)OCCCn1c(=O)c2c(cc(-c3cccc(OC(F)(F)F)c3)n2C)n(C)c1=O.Cn1c(-c2cccc(OC(F)(F)F)c2)cc2c1c(=O)n(CCCO)c(=O)n2C.O.[Li+].[OH-]. The number of aliphatic hydroxyl groups is 1. The number of carbonyl (C=O) groups excluding carboxylic acids is 1. The molecular weight excluding hydrogens is 837 g/mol. The zero-order valence-corrected chi connectivity index (χ0v) is 34.1. The second-order valence-corrected chi connectivity index (χ2v) is 13.2. The standard InChI is InChI=1S/C20H20F3N3O5.C18H18F3N3O4.Li.2H2O/c1-12(27)30-9-5-8-26-18(28)17-16(25(3)19(26)29)11-15(24(17)2)13-6-4-7-14(10-13)31-20(21,22)23;1-22-13(11-5-3-6-12(9-11)28-18(19,20)21)10-14-15(22)16(26)24(7-4-8-25)17(27)23(14)2;;;/h4,6-7,10-11H,5,8-9H2,1-3H3;3,5-6,9-10,25H,4,7-8H2,1-2H3;;2*1H2/q;;+1;;/p-1. The van der Waals surface area contributed by atoms with Gasteiger partial charge in [-0.2, -0.15) is 0 Å². The molecule has 0 unspecified atom stereocenters. The van der Waals surface area contributed by atoms with Crippen molar-refractivity contribution in [1.29, 1.82) is 0 Å². The van der Waals surface area contributed by atoms with Crippen molar-refractivity contribution in [1.82, 2.24) is 27.4 Å². The fourth-order valence-electron chi connectivity index (χ4n) is 6.51. The van der Waals surface area contributed by atoms with Gasteiger partial charge in [0.1, 0.15) is 22.5 Å². The van der Waals surface area contributed by atoms with Gasteiger partial charge in [0.15, 0.2) is 0 Å². The average Bonchev–Trinajstić information content (AvgIpc) is 3.69. The van der Waals surface area contributed by atoms with E-state index in [-0.39, 0.29) is 85.7 Å². The van der Waals surface area contributed by atoms with E-state index in [0.29, 0.717) is 33.5 Å². The summed E-state index contributed by atoms with van der Waals surface area (Å²) in [5.41, 5.74) is 0.666. The summed E-state index contributed by atoms with van der Waals surface area (Å²) in [4.78, 5) is 61.8. The van der Waals surface area contributed by atoms with E-state index in [1.54, 1.807) is 38.4 Å². The van der Waals surface area contributed by atoms with Crippen molar-refractivity contribution in [3.05, 3.63) is 102 Å².